The number of carbonyl (C=O) groups is 3. The summed E-state index contributed by atoms with van der Waals surface area (Å²) in [4.78, 5) is 40.1. The number of hydrogen-bond donors (Lipinski definition) is 1. The number of nitrogens with one attached hydrogen (secondary N) is 1. The van der Waals surface area contributed by atoms with Crippen molar-refractivity contribution in [2.24, 2.45) is 0 Å². The number of unbranched alkanes of at least 4 members (excludes halogenated alkanes) is 2. The SMILES string of the molecule is CN(CCCCCc1cc(-c2ccccc2)n[nH]1)C(=O)CCN1C(=O)c2ccccc2C1=O. The molecule has 0 aliphatic carbocycles. The molecule has 0 saturated heterocycles. The van der Waals surface area contributed by atoms with Crippen LogP contribution >= 0.6 is 0 Å². The molecule has 2 aromatic carbocycles. The summed E-state index contributed by atoms with van der Waals surface area (Å²) in [7, 11) is 1.77. The van der Waals surface area contributed by atoms with E-state index in [1.807, 2.05) is 30.3 Å². The van der Waals surface area contributed by atoms with Crippen LogP contribution in [0.25, 0.3) is 11.3 Å². The van der Waals surface area contributed by atoms with E-state index in [0.29, 0.717) is 17.7 Å². The molecule has 1 aliphatic heterocycles. The highest BCUT2D eigenvalue weighted by atomic mass is 16.2. The number of imide groups is 1. The van der Waals surface area contributed by atoms with Crippen LogP contribution in [-0.2, 0) is 11.2 Å². The minimum Gasteiger partial charge on any atom is -0.346 e. The van der Waals surface area contributed by atoms with E-state index >= 15 is 0 Å². The van der Waals surface area contributed by atoms with Crippen LogP contribution in [0.2, 0.25) is 0 Å². The van der Waals surface area contributed by atoms with Crippen LogP contribution < -0.4 is 0 Å². The van der Waals surface area contributed by atoms with Crippen LogP contribution in [0.3, 0.4) is 0 Å². The van der Waals surface area contributed by atoms with Crippen molar-refractivity contribution in [1.29, 1.82) is 0 Å². The summed E-state index contributed by atoms with van der Waals surface area (Å²) in [5, 5.41) is 7.49. The zero-order chi connectivity index (χ0) is 23.2. The monoisotopic (exact) mass is 444 g/mol. The molecule has 1 aliphatic rings. The third-order valence-electron chi connectivity index (χ3n) is 5.99. The Kier molecular flexibility index (Phi) is 6.98. The summed E-state index contributed by atoms with van der Waals surface area (Å²) in [6.45, 7) is 0.762. The van der Waals surface area contributed by atoms with Gasteiger partial charge in [-0.15, -0.1) is 0 Å². The van der Waals surface area contributed by atoms with E-state index in [1.165, 1.54) is 4.90 Å². The number of fused-ring (bicyclic) bond motifs is 1. The molecule has 1 aromatic heterocycles. The Morgan fingerprint density at radius 2 is 1.61 bits per heavy atom. The van der Waals surface area contributed by atoms with E-state index in [-0.39, 0.29) is 30.7 Å². The Bertz CT molecular complexity index is 1100. The minimum absolute atomic E-state index is 0.0624. The molecule has 0 fully saturated rings. The number of carbonyl (C=O) groups excluding carboxylic acids is 3. The first-order valence-corrected chi connectivity index (χ1v) is 11.3. The molecule has 1 N–H and O–H groups in total. The lowest BCUT2D eigenvalue weighted by molar-refractivity contribution is -0.130. The fraction of sp³-hybridized carbons (Fsp3) is 0.308. The smallest absolute Gasteiger partial charge is 0.261 e. The number of H-pyrrole nitrogens is 1. The number of benzene rings is 2. The summed E-state index contributed by atoms with van der Waals surface area (Å²) in [5.41, 5.74) is 3.99. The molecule has 170 valence electrons. The molecule has 0 spiro atoms. The standard InChI is InChI=1S/C26H28N4O3/c1-29(24(31)15-17-30-25(32)21-13-7-8-14-22(21)26(30)33)16-9-3-6-12-20-18-23(28-27-20)19-10-4-2-5-11-19/h2,4-5,7-8,10-11,13-14,18H,3,6,9,12,15-17H2,1H3,(H,27,28). The average Bonchev–Trinajstić information content (AvgIpc) is 3.41. The van der Waals surface area contributed by atoms with Crippen molar-refractivity contribution in [3.63, 3.8) is 0 Å². The Morgan fingerprint density at radius 3 is 2.30 bits per heavy atom. The number of hydrogen-bond acceptors (Lipinski definition) is 4. The molecular weight excluding hydrogens is 416 g/mol. The Labute approximate surface area is 193 Å². The lowest BCUT2D eigenvalue weighted by Gasteiger charge is -2.19. The predicted octanol–water partition coefficient (Wildman–Crippen LogP) is 3.93. The lowest BCUT2D eigenvalue weighted by atomic mass is 10.1. The largest absolute Gasteiger partial charge is 0.346 e. The van der Waals surface area contributed by atoms with Crippen molar-refractivity contribution in [3.8, 4) is 11.3 Å². The molecule has 2 heterocycles. The second-order valence-corrected chi connectivity index (χ2v) is 8.33. The van der Waals surface area contributed by atoms with Crippen molar-refractivity contribution in [2.45, 2.75) is 32.1 Å². The van der Waals surface area contributed by atoms with Crippen LogP contribution in [0, 0.1) is 0 Å². The molecule has 0 atom stereocenters. The lowest BCUT2D eigenvalue weighted by Crippen LogP contribution is -2.35. The van der Waals surface area contributed by atoms with Crippen molar-refractivity contribution >= 4 is 17.7 Å². The normalized spacial score (nSPS) is 12.8. The van der Waals surface area contributed by atoms with E-state index in [1.54, 1.807) is 36.2 Å². The van der Waals surface area contributed by atoms with E-state index in [4.69, 9.17) is 0 Å². The topological polar surface area (TPSA) is 86.4 Å². The fourth-order valence-electron chi connectivity index (χ4n) is 4.05. The highest BCUT2D eigenvalue weighted by molar-refractivity contribution is 6.21. The van der Waals surface area contributed by atoms with Crippen molar-refractivity contribution in [1.82, 2.24) is 20.0 Å². The summed E-state index contributed by atoms with van der Waals surface area (Å²) < 4.78 is 0. The summed E-state index contributed by atoms with van der Waals surface area (Å²) in [6.07, 6.45) is 3.95. The van der Waals surface area contributed by atoms with E-state index in [9.17, 15) is 14.4 Å². The first-order valence-electron chi connectivity index (χ1n) is 11.3. The Hall–Kier alpha value is -3.74. The van der Waals surface area contributed by atoms with Crippen molar-refractivity contribution in [2.75, 3.05) is 20.1 Å². The molecule has 0 unspecified atom stereocenters. The third-order valence-corrected chi connectivity index (χ3v) is 5.99. The molecule has 0 saturated carbocycles. The van der Waals surface area contributed by atoms with E-state index < -0.39 is 0 Å². The molecule has 0 radical (unpaired) electrons. The second-order valence-electron chi connectivity index (χ2n) is 8.33. The van der Waals surface area contributed by atoms with Gasteiger partial charge < -0.3 is 4.90 Å². The van der Waals surface area contributed by atoms with Gasteiger partial charge in [0.05, 0.1) is 16.8 Å². The van der Waals surface area contributed by atoms with Gasteiger partial charge in [0.2, 0.25) is 5.91 Å². The number of rotatable bonds is 10. The number of aromatic nitrogens is 2. The molecule has 3 amide bonds. The summed E-state index contributed by atoms with van der Waals surface area (Å²) >= 11 is 0. The van der Waals surface area contributed by atoms with Crippen molar-refractivity contribution in [3.05, 3.63) is 77.5 Å². The van der Waals surface area contributed by atoms with Gasteiger partial charge in [-0.05, 0) is 37.5 Å². The zero-order valence-electron chi connectivity index (χ0n) is 18.8. The van der Waals surface area contributed by atoms with Gasteiger partial charge in [0.25, 0.3) is 11.8 Å². The van der Waals surface area contributed by atoms with Gasteiger partial charge in [-0.25, -0.2) is 0 Å². The quantitative estimate of drug-likeness (QED) is 0.379. The molecule has 3 aromatic rings. The van der Waals surface area contributed by atoms with Crippen molar-refractivity contribution < 1.29 is 14.4 Å². The molecule has 0 bridgehead atoms. The first kappa shape index (κ1) is 22.5. The average molecular weight is 445 g/mol. The van der Waals surface area contributed by atoms with Crippen LogP contribution in [0.1, 0.15) is 52.1 Å². The van der Waals surface area contributed by atoms with E-state index in [0.717, 1.165) is 42.6 Å². The van der Waals surface area contributed by atoms with Crippen LogP contribution in [0.5, 0.6) is 0 Å². The van der Waals surface area contributed by atoms with Gasteiger partial charge in [0.1, 0.15) is 0 Å². The highest BCUT2D eigenvalue weighted by Gasteiger charge is 2.35. The number of amides is 3. The molecule has 33 heavy (non-hydrogen) atoms. The predicted molar refractivity (Wildman–Crippen MR) is 126 cm³/mol. The third kappa shape index (κ3) is 5.19. The van der Waals surface area contributed by atoms with Gasteiger partial charge >= 0.3 is 0 Å². The number of aryl methyl sites for hydroxylation is 1. The van der Waals surface area contributed by atoms with Gasteiger partial charge in [-0.1, -0.05) is 48.9 Å². The Balaban J connectivity index is 1.15. The van der Waals surface area contributed by atoms with Crippen LogP contribution in [0.15, 0.2) is 60.7 Å². The van der Waals surface area contributed by atoms with Gasteiger partial charge in [-0.2, -0.15) is 5.10 Å². The first-order chi connectivity index (χ1) is 16.0. The molecule has 7 heteroatoms. The number of nitrogens with zero attached hydrogens (tertiary/aromatic N) is 3. The van der Waals surface area contributed by atoms with Gasteiger partial charge in [0, 0.05) is 37.8 Å². The summed E-state index contributed by atoms with van der Waals surface area (Å²) in [6, 6.07) is 18.9. The fourth-order valence-corrected chi connectivity index (χ4v) is 4.05. The summed E-state index contributed by atoms with van der Waals surface area (Å²) in [5.74, 6) is -0.701. The van der Waals surface area contributed by atoms with Crippen LogP contribution in [0.4, 0.5) is 0 Å². The van der Waals surface area contributed by atoms with Crippen LogP contribution in [-0.4, -0.2) is 57.9 Å². The zero-order valence-corrected chi connectivity index (χ0v) is 18.8. The number of aromatic amines is 1. The second kappa shape index (κ2) is 10.3. The van der Waals surface area contributed by atoms with E-state index in [2.05, 4.69) is 16.3 Å². The highest BCUT2D eigenvalue weighted by Crippen LogP contribution is 2.22. The van der Waals surface area contributed by atoms with Gasteiger partial charge in [0.15, 0.2) is 0 Å². The maximum Gasteiger partial charge on any atom is 0.261 e. The minimum atomic E-state index is -0.319. The van der Waals surface area contributed by atoms with Gasteiger partial charge in [-0.3, -0.25) is 24.4 Å². The molecular formula is C26H28N4O3. The Morgan fingerprint density at radius 1 is 0.939 bits per heavy atom. The molecule has 7 nitrogen and oxygen atoms in total. The molecule has 4 rings (SSSR count). The maximum absolute atomic E-state index is 12.5. The maximum atomic E-state index is 12.5.